The lowest BCUT2D eigenvalue weighted by Crippen LogP contribution is -2.17. The van der Waals surface area contributed by atoms with E-state index in [9.17, 15) is 9.59 Å². The Hall–Kier alpha value is -2.24. The number of methoxy groups -OCH3 is 3. The first kappa shape index (κ1) is 23.8. The third-order valence-electron chi connectivity index (χ3n) is 4.43. The van der Waals surface area contributed by atoms with Crippen molar-refractivity contribution in [2.24, 2.45) is 0 Å². The van der Waals surface area contributed by atoms with E-state index in [0.29, 0.717) is 34.8 Å². The minimum absolute atomic E-state index is 0.0388. The van der Waals surface area contributed by atoms with Crippen LogP contribution >= 0.6 is 0 Å². The van der Waals surface area contributed by atoms with Crippen molar-refractivity contribution in [2.45, 2.75) is 71.8 Å². The van der Waals surface area contributed by atoms with E-state index in [1.54, 1.807) is 19.9 Å². The number of esters is 1. The van der Waals surface area contributed by atoms with Crippen molar-refractivity contribution < 1.29 is 28.5 Å². The van der Waals surface area contributed by atoms with Gasteiger partial charge < -0.3 is 18.9 Å². The lowest BCUT2D eigenvalue weighted by molar-refractivity contribution is -0.146. The van der Waals surface area contributed by atoms with Gasteiger partial charge >= 0.3 is 5.97 Å². The van der Waals surface area contributed by atoms with Crippen LogP contribution in [0.5, 0.6) is 17.2 Å². The molecule has 0 spiro atoms. The lowest BCUT2D eigenvalue weighted by atomic mass is 9.95. The molecule has 1 aromatic carbocycles. The van der Waals surface area contributed by atoms with Crippen LogP contribution in [-0.4, -0.2) is 39.2 Å². The van der Waals surface area contributed by atoms with Gasteiger partial charge in [-0.25, -0.2) is 0 Å². The average molecular weight is 395 g/mol. The summed E-state index contributed by atoms with van der Waals surface area (Å²) in [4.78, 5) is 25.2. The van der Waals surface area contributed by atoms with Gasteiger partial charge in [-0.15, -0.1) is 0 Å². The van der Waals surface area contributed by atoms with Gasteiger partial charge in [0.05, 0.1) is 33.9 Å². The zero-order chi connectivity index (χ0) is 21.1. The molecule has 158 valence electrons. The van der Waals surface area contributed by atoms with Crippen molar-refractivity contribution in [1.82, 2.24) is 0 Å². The number of carbonyl (C=O) groups excluding carboxylic acids is 2. The molecule has 1 rings (SSSR count). The van der Waals surface area contributed by atoms with Gasteiger partial charge in [-0.05, 0) is 26.3 Å². The Kier molecular flexibility index (Phi) is 10.4. The van der Waals surface area contributed by atoms with Crippen LogP contribution in [0.2, 0.25) is 0 Å². The summed E-state index contributed by atoms with van der Waals surface area (Å²) in [6.07, 6.45) is 5.37. The fourth-order valence-electron chi connectivity index (χ4n) is 3.11. The van der Waals surface area contributed by atoms with E-state index in [1.165, 1.54) is 27.8 Å². The first-order valence-corrected chi connectivity index (χ1v) is 9.94. The minimum atomic E-state index is -0.419. The predicted molar refractivity (Wildman–Crippen MR) is 109 cm³/mol. The number of unbranched alkanes of at least 4 members (excludes halogenated alkanes) is 4. The zero-order valence-electron chi connectivity index (χ0n) is 18.1. The second kappa shape index (κ2) is 12.3. The third kappa shape index (κ3) is 6.73. The number of hydrogen-bond donors (Lipinski definition) is 0. The molecule has 28 heavy (non-hydrogen) atoms. The van der Waals surface area contributed by atoms with Crippen molar-refractivity contribution in [1.29, 1.82) is 0 Å². The number of ether oxygens (including phenoxy) is 4. The van der Waals surface area contributed by atoms with Gasteiger partial charge in [-0.3, -0.25) is 9.59 Å². The minimum Gasteiger partial charge on any atom is -0.493 e. The molecule has 0 bridgehead atoms. The number of ketones is 1. The maximum absolute atomic E-state index is 12.9. The summed E-state index contributed by atoms with van der Waals surface area (Å²) in [5.74, 6) is 0.629. The molecule has 0 atom stereocenters. The second-order valence-corrected chi connectivity index (χ2v) is 6.97. The fourth-order valence-corrected chi connectivity index (χ4v) is 3.11. The Morgan fingerprint density at radius 3 is 2.11 bits per heavy atom. The first-order chi connectivity index (χ1) is 13.4. The molecule has 0 saturated carbocycles. The van der Waals surface area contributed by atoms with Gasteiger partial charge in [-0.2, -0.15) is 0 Å². The van der Waals surface area contributed by atoms with Gasteiger partial charge in [0.15, 0.2) is 17.3 Å². The van der Waals surface area contributed by atoms with E-state index in [4.69, 9.17) is 18.9 Å². The lowest BCUT2D eigenvalue weighted by Gasteiger charge is -2.19. The molecule has 6 heteroatoms. The quantitative estimate of drug-likeness (QED) is 0.273. The van der Waals surface area contributed by atoms with Crippen LogP contribution in [0.3, 0.4) is 0 Å². The molecular weight excluding hydrogens is 360 g/mol. The third-order valence-corrected chi connectivity index (χ3v) is 4.43. The Morgan fingerprint density at radius 2 is 1.57 bits per heavy atom. The van der Waals surface area contributed by atoms with Crippen LogP contribution in [0.25, 0.3) is 0 Å². The van der Waals surface area contributed by atoms with Gasteiger partial charge in [0.1, 0.15) is 0 Å². The molecule has 0 aliphatic heterocycles. The summed E-state index contributed by atoms with van der Waals surface area (Å²) >= 11 is 0. The second-order valence-electron chi connectivity index (χ2n) is 6.97. The average Bonchev–Trinajstić information content (AvgIpc) is 2.66. The van der Waals surface area contributed by atoms with E-state index in [1.807, 2.05) is 0 Å². The summed E-state index contributed by atoms with van der Waals surface area (Å²) in [5, 5.41) is 0. The SMILES string of the molecule is CCCCCCCC(=O)c1cc(OC)c(OC)c(OC)c1CC(=O)OC(C)C. The molecule has 0 N–H and O–H groups in total. The first-order valence-electron chi connectivity index (χ1n) is 9.94. The van der Waals surface area contributed by atoms with Crippen molar-refractivity contribution >= 4 is 11.8 Å². The van der Waals surface area contributed by atoms with Crippen molar-refractivity contribution in [3.05, 3.63) is 17.2 Å². The van der Waals surface area contributed by atoms with E-state index in [2.05, 4.69) is 6.92 Å². The van der Waals surface area contributed by atoms with Gasteiger partial charge in [0.2, 0.25) is 5.75 Å². The number of Topliss-reactive ketones (excluding diaryl/α,β-unsaturated/α-hetero) is 1. The summed E-state index contributed by atoms with van der Waals surface area (Å²) in [7, 11) is 4.47. The van der Waals surface area contributed by atoms with Crippen LogP contribution in [0.15, 0.2) is 6.07 Å². The maximum Gasteiger partial charge on any atom is 0.310 e. The highest BCUT2D eigenvalue weighted by atomic mass is 16.5. The monoisotopic (exact) mass is 394 g/mol. The largest absolute Gasteiger partial charge is 0.493 e. The number of hydrogen-bond acceptors (Lipinski definition) is 6. The van der Waals surface area contributed by atoms with Crippen molar-refractivity contribution in [3.8, 4) is 17.2 Å². The molecule has 0 aliphatic carbocycles. The van der Waals surface area contributed by atoms with Crippen molar-refractivity contribution in [2.75, 3.05) is 21.3 Å². The van der Waals surface area contributed by atoms with Crippen molar-refractivity contribution in [3.63, 3.8) is 0 Å². The summed E-state index contributed by atoms with van der Waals surface area (Å²) in [5.41, 5.74) is 0.898. The van der Waals surface area contributed by atoms with E-state index in [-0.39, 0.29) is 18.3 Å². The zero-order valence-corrected chi connectivity index (χ0v) is 18.1. The van der Waals surface area contributed by atoms with Gasteiger partial charge in [0, 0.05) is 17.5 Å². The van der Waals surface area contributed by atoms with Crippen LogP contribution in [0.4, 0.5) is 0 Å². The van der Waals surface area contributed by atoms with Gasteiger partial charge in [0.25, 0.3) is 0 Å². The topological polar surface area (TPSA) is 71.1 Å². The van der Waals surface area contributed by atoms with E-state index in [0.717, 1.165) is 25.7 Å². The number of rotatable bonds is 13. The molecule has 0 unspecified atom stereocenters. The maximum atomic E-state index is 12.9. The van der Waals surface area contributed by atoms with Gasteiger partial charge in [-0.1, -0.05) is 32.6 Å². The smallest absolute Gasteiger partial charge is 0.310 e. The fraction of sp³-hybridized carbons (Fsp3) is 0.636. The number of carbonyl (C=O) groups is 2. The number of benzene rings is 1. The van der Waals surface area contributed by atoms with Crippen LogP contribution in [-0.2, 0) is 16.0 Å². The Labute approximate surface area is 168 Å². The van der Waals surface area contributed by atoms with Crippen LogP contribution in [0, 0.1) is 0 Å². The van der Waals surface area contributed by atoms with E-state index >= 15 is 0 Å². The summed E-state index contributed by atoms with van der Waals surface area (Å²) in [6.45, 7) is 5.72. The predicted octanol–water partition coefficient (Wildman–Crippen LogP) is 4.75. The highest BCUT2D eigenvalue weighted by molar-refractivity contribution is 6.00. The standard InChI is InChI=1S/C22H34O6/c1-7-8-9-10-11-12-18(23)16-13-19(25-4)22(27-6)21(26-5)17(16)14-20(24)28-15(2)3/h13,15H,7-12,14H2,1-6H3. The Balaban J connectivity index is 3.23. The van der Waals surface area contributed by atoms with Crippen LogP contribution in [0.1, 0.15) is 75.2 Å². The highest BCUT2D eigenvalue weighted by Crippen LogP contribution is 2.42. The molecule has 0 aromatic heterocycles. The normalized spacial score (nSPS) is 10.7. The molecule has 1 aromatic rings. The summed E-state index contributed by atoms with van der Waals surface area (Å²) < 4.78 is 21.6. The Morgan fingerprint density at radius 1 is 0.929 bits per heavy atom. The highest BCUT2D eigenvalue weighted by Gasteiger charge is 2.26. The molecule has 0 amide bonds. The molecule has 0 aliphatic rings. The molecule has 0 saturated heterocycles. The van der Waals surface area contributed by atoms with E-state index < -0.39 is 5.97 Å². The molecule has 0 fully saturated rings. The molecular formula is C22H34O6. The van der Waals surface area contributed by atoms with Crippen LogP contribution < -0.4 is 14.2 Å². The summed E-state index contributed by atoms with van der Waals surface area (Å²) in [6, 6.07) is 1.63. The molecule has 0 heterocycles. The Bertz CT molecular complexity index is 651. The molecule has 6 nitrogen and oxygen atoms in total. The molecule has 0 radical (unpaired) electrons.